The minimum absolute atomic E-state index is 0.103. The van der Waals surface area contributed by atoms with Gasteiger partial charge in [0, 0.05) is 32.3 Å². The molecule has 2 heterocycles. The highest BCUT2D eigenvalue weighted by molar-refractivity contribution is 6.31. The highest BCUT2D eigenvalue weighted by Crippen LogP contribution is 2.18. The van der Waals surface area contributed by atoms with Gasteiger partial charge in [-0.25, -0.2) is 4.79 Å². The Labute approximate surface area is 144 Å². The van der Waals surface area contributed by atoms with Crippen molar-refractivity contribution in [3.05, 3.63) is 34.4 Å². The van der Waals surface area contributed by atoms with Crippen LogP contribution in [0.25, 0.3) is 0 Å². The molecule has 1 amide bonds. The van der Waals surface area contributed by atoms with Crippen LogP contribution in [-0.2, 0) is 17.9 Å². The van der Waals surface area contributed by atoms with Crippen molar-refractivity contribution < 1.29 is 14.7 Å². The molecule has 9 heteroatoms. The number of carbonyl (C=O) groups is 2. The summed E-state index contributed by atoms with van der Waals surface area (Å²) in [5.74, 6) is -1.14. The Morgan fingerprint density at radius 2 is 2.08 bits per heavy atom. The van der Waals surface area contributed by atoms with Gasteiger partial charge < -0.3 is 10.4 Å². The number of carbonyl (C=O) groups excluding carboxylic acids is 1. The van der Waals surface area contributed by atoms with E-state index in [1.165, 1.54) is 17.1 Å². The minimum atomic E-state index is -1.03. The molecule has 0 unspecified atom stereocenters. The van der Waals surface area contributed by atoms with Crippen LogP contribution in [0.1, 0.15) is 34.6 Å². The monoisotopic (exact) mass is 353 g/mol. The highest BCUT2D eigenvalue weighted by atomic mass is 35.5. The fourth-order valence-corrected chi connectivity index (χ4v) is 2.39. The zero-order chi connectivity index (χ0) is 17.7. The van der Waals surface area contributed by atoms with Crippen molar-refractivity contribution in [2.24, 2.45) is 0 Å². The van der Waals surface area contributed by atoms with E-state index in [0.29, 0.717) is 24.7 Å². The topological polar surface area (TPSA) is 102 Å². The molecule has 24 heavy (non-hydrogen) atoms. The van der Waals surface area contributed by atoms with E-state index in [1.807, 2.05) is 18.5 Å². The number of amides is 1. The molecule has 0 fully saturated rings. The van der Waals surface area contributed by atoms with Crippen LogP contribution in [-0.4, -0.2) is 43.1 Å². The first kappa shape index (κ1) is 18.0. The van der Waals surface area contributed by atoms with Gasteiger partial charge in [0.25, 0.3) is 0 Å². The number of nitrogens with zero attached hydrogens (tertiary/aromatic N) is 4. The van der Waals surface area contributed by atoms with E-state index in [1.54, 1.807) is 0 Å². The normalized spacial score (nSPS) is 10.8. The zero-order valence-corrected chi connectivity index (χ0v) is 14.4. The fraction of sp³-hybridized carbons (Fsp3) is 0.467. The van der Waals surface area contributed by atoms with Gasteiger partial charge in [0.1, 0.15) is 0 Å². The summed E-state index contributed by atoms with van der Waals surface area (Å²) < 4.78 is 3.28. The third-order valence-electron chi connectivity index (χ3n) is 3.61. The lowest BCUT2D eigenvalue weighted by atomic mass is 10.3. The van der Waals surface area contributed by atoms with Gasteiger partial charge in [-0.3, -0.25) is 14.2 Å². The first-order valence-corrected chi connectivity index (χ1v) is 7.98. The third-order valence-corrected chi connectivity index (χ3v) is 4.16. The highest BCUT2D eigenvalue weighted by Gasteiger charge is 2.09. The van der Waals surface area contributed by atoms with Crippen molar-refractivity contribution in [1.29, 1.82) is 0 Å². The molecule has 0 aromatic carbocycles. The predicted molar refractivity (Wildman–Crippen MR) is 88.1 cm³/mol. The molecule has 0 saturated heterocycles. The van der Waals surface area contributed by atoms with Crippen molar-refractivity contribution in [1.82, 2.24) is 24.9 Å². The number of halogens is 1. The van der Waals surface area contributed by atoms with E-state index in [9.17, 15) is 9.59 Å². The number of aryl methyl sites for hydroxylation is 3. The molecule has 2 N–H and O–H groups in total. The number of aromatic carboxylic acids is 1. The van der Waals surface area contributed by atoms with Gasteiger partial charge in [-0.15, -0.1) is 0 Å². The maximum Gasteiger partial charge on any atom is 0.338 e. The van der Waals surface area contributed by atoms with E-state index >= 15 is 0 Å². The van der Waals surface area contributed by atoms with Crippen molar-refractivity contribution in [3.63, 3.8) is 0 Å². The Kier molecular flexibility index (Phi) is 5.97. The van der Waals surface area contributed by atoms with E-state index in [0.717, 1.165) is 17.8 Å². The molecule has 8 nitrogen and oxygen atoms in total. The standard InChI is InChI=1S/C15H20ClN5O3/c1-10-14(16)11(2)21(19-10)6-3-5-17-13(22)4-7-20-9-12(8-18-20)15(23)24/h8-9H,3-7H2,1-2H3,(H,17,22)(H,23,24). The molecule has 0 bridgehead atoms. The summed E-state index contributed by atoms with van der Waals surface area (Å²) in [4.78, 5) is 22.5. The largest absolute Gasteiger partial charge is 0.478 e. The molecular weight excluding hydrogens is 334 g/mol. The van der Waals surface area contributed by atoms with Crippen LogP contribution >= 0.6 is 11.6 Å². The van der Waals surface area contributed by atoms with E-state index in [2.05, 4.69) is 15.5 Å². The Morgan fingerprint density at radius 1 is 1.33 bits per heavy atom. The number of hydrogen-bond acceptors (Lipinski definition) is 4. The summed E-state index contributed by atoms with van der Waals surface area (Å²) in [7, 11) is 0. The van der Waals surface area contributed by atoms with E-state index in [4.69, 9.17) is 16.7 Å². The SMILES string of the molecule is Cc1nn(CCCNC(=O)CCn2cc(C(=O)O)cn2)c(C)c1Cl. The molecule has 0 aliphatic rings. The lowest BCUT2D eigenvalue weighted by molar-refractivity contribution is -0.121. The van der Waals surface area contributed by atoms with Crippen molar-refractivity contribution >= 4 is 23.5 Å². The van der Waals surface area contributed by atoms with Gasteiger partial charge in [0.15, 0.2) is 0 Å². The summed E-state index contributed by atoms with van der Waals surface area (Å²) in [5.41, 5.74) is 1.84. The lowest BCUT2D eigenvalue weighted by Crippen LogP contribution is -2.26. The van der Waals surface area contributed by atoms with E-state index in [-0.39, 0.29) is 17.9 Å². The molecule has 2 aromatic rings. The van der Waals surface area contributed by atoms with Crippen LogP contribution < -0.4 is 5.32 Å². The third kappa shape index (κ3) is 4.58. The Morgan fingerprint density at radius 3 is 2.67 bits per heavy atom. The zero-order valence-electron chi connectivity index (χ0n) is 13.6. The summed E-state index contributed by atoms with van der Waals surface area (Å²) in [6, 6.07) is 0. The smallest absolute Gasteiger partial charge is 0.338 e. The Bertz CT molecular complexity index is 738. The second-order valence-corrected chi connectivity index (χ2v) is 5.84. The van der Waals surface area contributed by atoms with E-state index < -0.39 is 5.97 Å². The van der Waals surface area contributed by atoms with Crippen molar-refractivity contribution in [2.75, 3.05) is 6.54 Å². The van der Waals surface area contributed by atoms with Crippen molar-refractivity contribution in [3.8, 4) is 0 Å². The molecule has 0 aliphatic carbocycles. The van der Waals surface area contributed by atoms with Crippen LogP contribution in [0.2, 0.25) is 5.02 Å². The van der Waals surface area contributed by atoms with Gasteiger partial charge in [-0.1, -0.05) is 11.6 Å². The average molecular weight is 354 g/mol. The molecule has 0 radical (unpaired) electrons. The van der Waals surface area contributed by atoms with Gasteiger partial charge in [-0.05, 0) is 20.3 Å². The summed E-state index contributed by atoms with van der Waals surface area (Å²) >= 11 is 6.08. The number of aromatic nitrogens is 4. The number of rotatable bonds is 8. The maximum atomic E-state index is 11.8. The van der Waals surface area contributed by atoms with Crippen LogP contribution in [0.15, 0.2) is 12.4 Å². The molecule has 2 aromatic heterocycles. The number of nitrogens with one attached hydrogen (secondary N) is 1. The number of carboxylic acids is 1. The minimum Gasteiger partial charge on any atom is -0.478 e. The molecule has 0 aliphatic heterocycles. The number of carboxylic acid groups (broad SMARTS) is 1. The summed E-state index contributed by atoms with van der Waals surface area (Å²) in [5, 5.41) is 20.5. The average Bonchev–Trinajstić information content (AvgIpc) is 3.11. The summed E-state index contributed by atoms with van der Waals surface area (Å²) in [6.07, 6.45) is 3.66. The molecule has 0 spiro atoms. The van der Waals surface area contributed by atoms with Crippen LogP contribution in [0.3, 0.4) is 0 Å². The first-order chi connectivity index (χ1) is 11.4. The van der Waals surface area contributed by atoms with Crippen LogP contribution in [0.4, 0.5) is 0 Å². The Balaban J connectivity index is 1.67. The number of hydrogen-bond donors (Lipinski definition) is 2. The van der Waals surface area contributed by atoms with Gasteiger partial charge >= 0.3 is 5.97 Å². The van der Waals surface area contributed by atoms with Crippen LogP contribution in [0, 0.1) is 13.8 Å². The molecule has 130 valence electrons. The second-order valence-electron chi connectivity index (χ2n) is 5.46. The molecular formula is C15H20ClN5O3. The fourth-order valence-electron chi connectivity index (χ4n) is 2.25. The van der Waals surface area contributed by atoms with Gasteiger partial charge in [0.05, 0.1) is 28.2 Å². The first-order valence-electron chi connectivity index (χ1n) is 7.60. The van der Waals surface area contributed by atoms with Gasteiger partial charge in [0.2, 0.25) is 5.91 Å². The maximum absolute atomic E-state index is 11.8. The molecule has 0 saturated carbocycles. The Hall–Kier alpha value is -2.35. The van der Waals surface area contributed by atoms with Gasteiger partial charge in [-0.2, -0.15) is 10.2 Å². The van der Waals surface area contributed by atoms with Crippen LogP contribution in [0.5, 0.6) is 0 Å². The molecule has 2 rings (SSSR count). The quantitative estimate of drug-likeness (QED) is 0.702. The van der Waals surface area contributed by atoms with Crippen molar-refractivity contribution in [2.45, 2.75) is 39.8 Å². The predicted octanol–water partition coefficient (Wildman–Crippen LogP) is 1.64. The summed E-state index contributed by atoms with van der Waals surface area (Å²) in [6.45, 7) is 5.33. The molecule has 0 atom stereocenters. The second kappa shape index (κ2) is 7.96. The lowest BCUT2D eigenvalue weighted by Gasteiger charge is -2.07.